The molecule has 0 N–H and O–H groups in total. The van der Waals surface area contributed by atoms with Gasteiger partial charge < -0.3 is 9.47 Å². The number of hydrogen-bond donors (Lipinski definition) is 0. The third-order valence-electron chi connectivity index (χ3n) is 2.69. The Morgan fingerprint density at radius 2 is 1.90 bits per heavy atom. The first kappa shape index (κ1) is 13.8. The number of hydrogen-bond acceptors (Lipinski definition) is 5. The number of esters is 1. The zero-order chi connectivity index (χ0) is 14.5. The van der Waals surface area contributed by atoms with Crippen molar-refractivity contribution < 1.29 is 19.1 Å². The average molecular weight is 274 g/mol. The molecule has 0 fully saturated rings. The molecule has 0 radical (unpaired) electrons. The highest BCUT2D eigenvalue weighted by Crippen LogP contribution is 2.20. The maximum atomic E-state index is 11.7. The molecule has 0 spiro atoms. The quantitative estimate of drug-likeness (QED) is 0.803. The molecule has 0 aliphatic carbocycles. The van der Waals surface area contributed by atoms with E-state index in [2.05, 4.69) is 9.84 Å². The van der Waals surface area contributed by atoms with Gasteiger partial charge in [-0.1, -0.05) is 12.1 Å². The molecule has 2 rings (SSSR count). The van der Waals surface area contributed by atoms with Crippen LogP contribution < -0.4 is 0 Å². The Hall–Kier alpha value is -2.63. The number of benzene rings is 1. The molecule has 0 aliphatic heterocycles. The topological polar surface area (TPSA) is 70.4 Å². The number of carbonyl (C=O) groups is 2. The summed E-state index contributed by atoms with van der Waals surface area (Å²) in [5, 5.41) is 3.94. The van der Waals surface area contributed by atoms with Gasteiger partial charge in [0, 0.05) is 5.56 Å². The van der Waals surface area contributed by atoms with E-state index in [1.807, 2.05) is 0 Å². The molecule has 6 heteroatoms. The minimum atomic E-state index is -0.537. The summed E-state index contributed by atoms with van der Waals surface area (Å²) in [6.45, 7) is 2.01. The van der Waals surface area contributed by atoms with Gasteiger partial charge in [-0.05, 0) is 25.1 Å². The van der Waals surface area contributed by atoms with Gasteiger partial charge >= 0.3 is 12.1 Å². The van der Waals surface area contributed by atoms with Crippen LogP contribution in [0.15, 0.2) is 36.5 Å². The maximum absolute atomic E-state index is 11.7. The van der Waals surface area contributed by atoms with Crippen LogP contribution in [0.3, 0.4) is 0 Å². The first-order valence-corrected chi connectivity index (χ1v) is 6.07. The number of nitrogens with zero attached hydrogens (tertiary/aromatic N) is 2. The number of ether oxygens (including phenoxy) is 2. The molecule has 0 aliphatic rings. The maximum Gasteiger partial charge on any atom is 0.435 e. The average Bonchev–Trinajstić information content (AvgIpc) is 2.96. The molecule has 0 unspecified atom stereocenters. The molecule has 0 saturated carbocycles. The van der Waals surface area contributed by atoms with Gasteiger partial charge in [-0.25, -0.2) is 9.59 Å². The van der Waals surface area contributed by atoms with Crippen molar-refractivity contribution in [3.8, 4) is 11.3 Å². The fourth-order valence-corrected chi connectivity index (χ4v) is 1.75. The second-order valence-corrected chi connectivity index (χ2v) is 3.90. The molecule has 1 heterocycles. The van der Waals surface area contributed by atoms with E-state index in [0.29, 0.717) is 11.3 Å². The molecule has 6 nitrogen and oxygen atoms in total. The predicted molar refractivity (Wildman–Crippen MR) is 71.4 cm³/mol. The molecular formula is C14H14N2O4. The molecular weight excluding hydrogens is 260 g/mol. The highest BCUT2D eigenvalue weighted by molar-refractivity contribution is 5.90. The summed E-state index contributed by atoms with van der Waals surface area (Å²) in [4.78, 5) is 23.1. The van der Waals surface area contributed by atoms with Crippen molar-refractivity contribution >= 4 is 12.1 Å². The van der Waals surface area contributed by atoms with Crippen LogP contribution in [-0.4, -0.2) is 35.6 Å². The second kappa shape index (κ2) is 6.01. The van der Waals surface area contributed by atoms with Crippen molar-refractivity contribution in [1.29, 1.82) is 0 Å². The van der Waals surface area contributed by atoms with E-state index >= 15 is 0 Å². The van der Waals surface area contributed by atoms with E-state index < -0.39 is 12.1 Å². The summed E-state index contributed by atoms with van der Waals surface area (Å²) in [6, 6.07) is 8.40. The van der Waals surface area contributed by atoms with Gasteiger partial charge in [0.15, 0.2) is 0 Å². The third kappa shape index (κ3) is 2.69. The molecule has 1 aromatic carbocycles. The Bertz CT molecular complexity index is 616. The fraction of sp³-hybridized carbons (Fsp3) is 0.214. The molecule has 2 aromatic rings. The Labute approximate surface area is 115 Å². The summed E-state index contributed by atoms with van der Waals surface area (Å²) < 4.78 is 10.7. The van der Waals surface area contributed by atoms with Gasteiger partial charge in [-0.15, -0.1) is 0 Å². The van der Waals surface area contributed by atoms with Crippen molar-refractivity contribution in [3.63, 3.8) is 0 Å². The van der Waals surface area contributed by atoms with E-state index in [4.69, 9.17) is 4.74 Å². The van der Waals surface area contributed by atoms with Gasteiger partial charge in [-0.2, -0.15) is 9.78 Å². The van der Waals surface area contributed by atoms with E-state index in [9.17, 15) is 9.59 Å². The summed E-state index contributed by atoms with van der Waals surface area (Å²) in [7, 11) is 1.33. The van der Waals surface area contributed by atoms with Crippen LogP contribution >= 0.6 is 0 Å². The third-order valence-corrected chi connectivity index (χ3v) is 2.69. The summed E-state index contributed by atoms with van der Waals surface area (Å²) in [5.74, 6) is -0.407. The largest absolute Gasteiger partial charge is 0.465 e. The lowest BCUT2D eigenvalue weighted by Gasteiger charge is -2.06. The Morgan fingerprint density at radius 1 is 1.20 bits per heavy atom. The second-order valence-electron chi connectivity index (χ2n) is 3.90. The molecule has 0 bridgehead atoms. The lowest BCUT2D eigenvalue weighted by atomic mass is 10.1. The SMILES string of the molecule is CCOC(=O)n1nccc1-c1ccc(C(=O)OC)cc1. The van der Waals surface area contributed by atoms with Crippen LogP contribution in [0.2, 0.25) is 0 Å². The Kier molecular flexibility index (Phi) is 4.14. The molecule has 0 amide bonds. The van der Waals surface area contributed by atoms with Crippen molar-refractivity contribution in [2.75, 3.05) is 13.7 Å². The smallest absolute Gasteiger partial charge is 0.435 e. The first-order valence-electron chi connectivity index (χ1n) is 6.07. The summed E-state index contributed by atoms with van der Waals surface area (Å²) in [6.07, 6.45) is 0.977. The summed E-state index contributed by atoms with van der Waals surface area (Å²) in [5.41, 5.74) is 1.79. The monoisotopic (exact) mass is 274 g/mol. The van der Waals surface area contributed by atoms with Crippen LogP contribution in [0, 0.1) is 0 Å². The van der Waals surface area contributed by atoms with Gasteiger partial charge in [0.05, 0.1) is 31.2 Å². The molecule has 1 aromatic heterocycles. The van der Waals surface area contributed by atoms with E-state index in [1.165, 1.54) is 18.0 Å². The van der Waals surface area contributed by atoms with Crippen LogP contribution in [0.25, 0.3) is 11.3 Å². The van der Waals surface area contributed by atoms with Crippen LogP contribution in [0.4, 0.5) is 4.79 Å². The van der Waals surface area contributed by atoms with Gasteiger partial charge in [0.1, 0.15) is 0 Å². The van der Waals surface area contributed by atoms with Crippen molar-refractivity contribution in [2.24, 2.45) is 0 Å². The van der Waals surface area contributed by atoms with Crippen LogP contribution in [0.1, 0.15) is 17.3 Å². The highest BCUT2D eigenvalue weighted by atomic mass is 16.6. The van der Waals surface area contributed by atoms with Crippen LogP contribution in [0.5, 0.6) is 0 Å². The zero-order valence-electron chi connectivity index (χ0n) is 11.2. The first-order chi connectivity index (χ1) is 9.67. The van der Waals surface area contributed by atoms with E-state index in [0.717, 1.165) is 5.56 Å². The van der Waals surface area contributed by atoms with E-state index in [-0.39, 0.29) is 6.61 Å². The standard InChI is InChI=1S/C14H14N2O4/c1-3-20-14(18)16-12(8-9-15-16)10-4-6-11(7-5-10)13(17)19-2/h4-9H,3H2,1-2H3. The zero-order valence-corrected chi connectivity index (χ0v) is 11.2. The number of aromatic nitrogens is 2. The minimum Gasteiger partial charge on any atom is -0.465 e. The minimum absolute atomic E-state index is 0.277. The normalized spacial score (nSPS) is 10.1. The molecule has 0 atom stereocenters. The highest BCUT2D eigenvalue weighted by Gasteiger charge is 2.14. The van der Waals surface area contributed by atoms with Gasteiger partial charge in [0.25, 0.3) is 0 Å². The van der Waals surface area contributed by atoms with Crippen molar-refractivity contribution in [1.82, 2.24) is 9.78 Å². The number of carbonyl (C=O) groups excluding carboxylic acids is 2. The summed E-state index contributed by atoms with van der Waals surface area (Å²) >= 11 is 0. The van der Waals surface area contributed by atoms with Crippen molar-refractivity contribution in [3.05, 3.63) is 42.1 Å². The Morgan fingerprint density at radius 3 is 2.50 bits per heavy atom. The number of methoxy groups -OCH3 is 1. The number of rotatable bonds is 3. The lowest BCUT2D eigenvalue weighted by molar-refractivity contribution is 0.0600. The lowest BCUT2D eigenvalue weighted by Crippen LogP contribution is -2.16. The Balaban J connectivity index is 2.31. The van der Waals surface area contributed by atoms with Gasteiger partial charge in [0.2, 0.25) is 0 Å². The van der Waals surface area contributed by atoms with Crippen LogP contribution in [-0.2, 0) is 9.47 Å². The van der Waals surface area contributed by atoms with Crippen molar-refractivity contribution in [2.45, 2.75) is 6.92 Å². The predicted octanol–water partition coefficient (Wildman–Crippen LogP) is 2.34. The van der Waals surface area contributed by atoms with E-state index in [1.54, 1.807) is 37.3 Å². The molecule has 20 heavy (non-hydrogen) atoms. The fourth-order valence-electron chi connectivity index (χ4n) is 1.75. The van der Waals surface area contributed by atoms with Gasteiger partial charge in [-0.3, -0.25) is 0 Å². The molecule has 0 saturated heterocycles. The molecule has 104 valence electrons.